The number of ether oxygens (including phenoxy) is 7. The van der Waals surface area contributed by atoms with E-state index in [9.17, 15) is 51.1 Å². The first-order valence-corrected chi connectivity index (χ1v) is 16.7. The fourth-order valence-electron chi connectivity index (χ4n) is 6.67. The van der Waals surface area contributed by atoms with Gasteiger partial charge in [0.15, 0.2) is 18.9 Å². The lowest BCUT2D eigenvalue weighted by Gasteiger charge is -2.48. The molecule has 50 heavy (non-hydrogen) atoms. The summed E-state index contributed by atoms with van der Waals surface area (Å²) in [5.74, 6) is 0.331. The summed E-state index contributed by atoms with van der Waals surface area (Å²) in [6.07, 6.45) is -22.5. The molecule has 0 amide bonds. The molecule has 4 aliphatic rings. The normalized spacial score (nSPS) is 44.9. The Bertz CT molecular complexity index is 1150. The molecule has 19 heteroatoms. The highest BCUT2D eigenvalue weighted by molar-refractivity contribution is 4.99. The van der Waals surface area contributed by atoms with Crippen molar-refractivity contribution in [3.05, 3.63) is 24.2 Å². The topological polar surface area (TPSA) is 283 Å². The lowest BCUT2D eigenvalue weighted by Crippen LogP contribution is -2.65. The van der Waals surface area contributed by atoms with Crippen molar-refractivity contribution in [2.24, 2.45) is 5.92 Å². The van der Waals surface area contributed by atoms with Gasteiger partial charge >= 0.3 is 0 Å². The van der Waals surface area contributed by atoms with E-state index in [2.05, 4.69) is 0 Å². The first-order valence-electron chi connectivity index (χ1n) is 16.7. The zero-order valence-electron chi connectivity index (χ0n) is 27.8. The van der Waals surface area contributed by atoms with Crippen LogP contribution < -0.4 is 0 Å². The van der Waals surface area contributed by atoms with Crippen molar-refractivity contribution in [1.29, 1.82) is 0 Å². The molecule has 0 aromatic carbocycles. The van der Waals surface area contributed by atoms with E-state index in [0.29, 0.717) is 18.8 Å². The molecule has 0 aliphatic carbocycles. The Labute approximate surface area is 288 Å². The van der Waals surface area contributed by atoms with Crippen LogP contribution in [0.4, 0.5) is 0 Å². The van der Waals surface area contributed by atoms with Gasteiger partial charge in [-0.15, -0.1) is 0 Å². The highest BCUT2D eigenvalue weighted by Crippen LogP contribution is 2.33. The molecule has 1 aromatic heterocycles. The zero-order chi connectivity index (χ0) is 36.3. The maximum Gasteiger partial charge on any atom is 0.187 e. The SMILES string of the molecule is CC(C)C1OC(COC2OC(CO)C(O)C(OC3CN(Cc4ccco4)CC(CO)O3)C2O)C(O)C(OC2OC(CO)C(O)C(O)C2O)C1O. The molecule has 10 N–H and O–H groups in total. The van der Waals surface area contributed by atoms with Crippen LogP contribution in [0.2, 0.25) is 0 Å². The van der Waals surface area contributed by atoms with Gasteiger partial charge in [-0.05, 0) is 18.1 Å². The van der Waals surface area contributed by atoms with Crippen molar-refractivity contribution in [3.63, 3.8) is 0 Å². The molecule has 0 spiro atoms. The fraction of sp³-hybridized carbons (Fsp3) is 0.871. The summed E-state index contributed by atoms with van der Waals surface area (Å²) >= 11 is 0. The Kier molecular flexibility index (Phi) is 14.0. The molecular formula is C31H51NO18. The van der Waals surface area contributed by atoms with Crippen LogP contribution in [0.15, 0.2) is 22.8 Å². The maximum atomic E-state index is 11.3. The lowest BCUT2D eigenvalue weighted by molar-refractivity contribution is -0.354. The minimum atomic E-state index is -1.80. The summed E-state index contributed by atoms with van der Waals surface area (Å²) in [7, 11) is 0. The van der Waals surface area contributed by atoms with Crippen molar-refractivity contribution in [1.82, 2.24) is 4.90 Å². The molecule has 19 nitrogen and oxygen atoms in total. The standard InChI is InChI=1S/C31H51NO18/c1-13(2)27-25(41)28(50-31-24(40)23(39)20(36)16(10-34)48-31)22(38)18(46-27)12-44-30-26(42)29(21(37)17(11-35)47-30)49-19-8-32(7-15(9-33)45-19)6-14-4-3-5-43-14/h3-5,13,15-31,33-42H,6-12H2,1-2H3. The molecule has 17 unspecified atom stereocenters. The van der Waals surface area contributed by atoms with Crippen molar-refractivity contribution in [2.75, 3.05) is 39.5 Å². The highest BCUT2D eigenvalue weighted by Gasteiger charge is 2.52. The van der Waals surface area contributed by atoms with Crippen LogP contribution in [0.3, 0.4) is 0 Å². The predicted octanol–water partition coefficient (Wildman–Crippen LogP) is -5.03. The third-order valence-electron chi connectivity index (χ3n) is 9.45. The zero-order valence-corrected chi connectivity index (χ0v) is 27.8. The van der Waals surface area contributed by atoms with Crippen molar-refractivity contribution < 1.29 is 88.6 Å². The average Bonchev–Trinajstić information content (AvgIpc) is 3.61. The molecule has 17 atom stereocenters. The molecule has 0 bridgehead atoms. The fourth-order valence-corrected chi connectivity index (χ4v) is 6.67. The first kappa shape index (κ1) is 39.8. The second-order valence-electron chi connectivity index (χ2n) is 13.4. The summed E-state index contributed by atoms with van der Waals surface area (Å²) in [5, 5.41) is 105. The number of furan rings is 1. The Morgan fingerprint density at radius 1 is 0.700 bits per heavy atom. The van der Waals surface area contributed by atoms with E-state index in [4.69, 9.17) is 37.6 Å². The minimum Gasteiger partial charge on any atom is -0.468 e. The van der Waals surface area contributed by atoms with Crippen molar-refractivity contribution in [2.45, 2.75) is 125 Å². The van der Waals surface area contributed by atoms with Crippen LogP contribution in [0.1, 0.15) is 19.6 Å². The van der Waals surface area contributed by atoms with Gasteiger partial charge in [0, 0.05) is 6.54 Å². The monoisotopic (exact) mass is 725 g/mol. The molecule has 0 saturated carbocycles. The van der Waals surface area contributed by atoms with Crippen molar-refractivity contribution >= 4 is 0 Å². The van der Waals surface area contributed by atoms with Gasteiger partial charge in [-0.25, -0.2) is 0 Å². The van der Waals surface area contributed by atoms with Gasteiger partial charge in [-0.3, -0.25) is 4.90 Å². The molecule has 288 valence electrons. The van der Waals surface area contributed by atoms with Crippen LogP contribution in [0, 0.1) is 5.92 Å². The van der Waals surface area contributed by atoms with E-state index in [1.54, 1.807) is 26.0 Å². The Morgan fingerprint density at radius 3 is 2.00 bits per heavy atom. The van der Waals surface area contributed by atoms with E-state index in [1.165, 1.54) is 6.26 Å². The van der Waals surface area contributed by atoms with Crippen LogP contribution >= 0.6 is 0 Å². The Hall–Kier alpha value is -1.44. The van der Waals surface area contributed by atoms with Crippen LogP contribution in [-0.2, 0) is 39.7 Å². The van der Waals surface area contributed by atoms with Crippen LogP contribution in [-0.4, -0.2) is 200 Å². The van der Waals surface area contributed by atoms with E-state index in [1.807, 2.05) is 4.90 Å². The van der Waals surface area contributed by atoms with Crippen molar-refractivity contribution in [3.8, 4) is 0 Å². The quantitative estimate of drug-likeness (QED) is 0.0911. The Morgan fingerprint density at radius 2 is 1.36 bits per heavy atom. The van der Waals surface area contributed by atoms with Gasteiger partial charge in [0.25, 0.3) is 0 Å². The molecule has 1 aromatic rings. The number of aliphatic hydroxyl groups excluding tert-OH is 10. The molecule has 5 rings (SSSR count). The molecular weight excluding hydrogens is 674 g/mol. The number of nitrogens with zero attached hydrogens (tertiary/aromatic N) is 1. The first-order chi connectivity index (χ1) is 23.9. The third kappa shape index (κ3) is 8.84. The van der Waals surface area contributed by atoms with E-state index >= 15 is 0 Å². The molecule has 4 fully saturated rings. The second-order valence-corrected chi connectivity index (χ2v) is 13.4. The van der Waals surface area contributed by atoms with Crippen LogP contribution in [0.5, 0.6) is 0 Å². The molecule has 0 radical (unpaired) electrons. The van der Waals surface area contributed by atoms with Gasteiger partial charge in [0.2, 0.25) is 0 Å². The molecule has 5 heterocycles. The van der Waals surface area contributed by atoms with Gasteiger partial charge < -0.3 is 88.6 Å². The average molecular weight is 726 g/mol. The van der Waals surface area contributed by atoms with Gasteiger partial charge in [0.1, 0.15) is 79.0 Å². The highest BCUT2D eigenvalue weighted by atomic mass is 16.7. The van der Waals surface area contributed by atoms with Gasteiger partial charge in [0.05, 0.1) is 58.0 Å². The summed E-state index contributed by atoms with van der Waals surface area (Å²) in [5.41, 5.74) is 0. The van der Waals surface area contributed by atoms with Gasteiger partial charge in [-0.2, -0.15) is 0 Å². The summed E-state index contributed by atoms with van der Waals surface area (Å²) in [6, 6.07) is 3.53. The smallest absolute Gasteiger partial charge is 0.187 e. The summed E-state index contributed by atoms with van der Waals surface area (Å²) < 4.78 is 45.9. The summed E-state index contributed by atoms with van der Waals surface area (Å²) in [6.45, 7) is 2.20. The maximum absolute atomic E-state index is 11.3. The van der Waals surface area contributed by atoms with E-state index < -0.39 is 124 Å². The number of aliphatic hydroxyl groups is 10. The second kappa shape index (κ2) is 17.6. The van der Waals surface area contributed by atoms with Gasteiger partial charge in [-0.1, -0.05) is 13.8 Å². The predicted molar refractivity (Wildman–Crippen MR) is 162 cm³/mol. The van der Waals surface area contributed by atoms with E-state index in [0.717, 1.165) is 0 Å². The summed E-state index contributed by atoms with van der Waals surface area (Å²) in [4.78, 5) is 1.91. The lowest BCUT2D eigenvalue weighted by atomic mass is 9.89. The Balaban J connectivity index is 1.26. The number of hydrogen-bond acceptors (Lipinski definition) is 19. The molecule has 4 aliphatic heterocycles. The van der Waals surface area contributed by atoms with Crippen LogP contribution in [0.25, 0.3) is 0 Å². The number of rotatable bonds is 13. The minimum absolute atomic E-state index is 0.181. The molecule has 4 saturated heterocycles. The number of hydrogen-bond donors (Lipinski definition) is 10. The largest absolute Gasteiger partial charge is 0.468 e. The van der Waals surface area contributed by atoms with E-state index in [-0.39, 0.29) is 19.1 Å². The number of morpholine rings is 1. The third-order valence-corrected chi connectivity index (χ3v) is 9.45.